The van der Waals surface area contributed by atoms with Crippen LogP contribution in [0.25, 0.3) is 0 Å². The van der Waals surface area contributed by atoms with Gasteiger partial charge >= 0.3 is 0 Å². The number of halogens is 1. The summed E-state index contributed by atoms with van der Waals surface area (Å²) in [5, 5.41) is 12.2. The summed E-state index contributed by atoms with van der Waals surface area (Å²) in [5.74, 6) is 0. The normalized spacial score (nSPS) is 9.93. The number of nitriles is 1. The molecule has 15 heavy (non-hydrogen) atoms. The van der Waals surface area contributed by atoms with Crippen LogP contribution in [0.4, 0.5) is 0 Å². The monoisotopic (exact) mass is 224 g/mol. The lowest BCUT2D eigenvalue weighted by molar-refractivity contribution is 0.124. The van der Waals surface area contributed by atoms with Crippen LogP contribution in [0.2, 0.25) is 5.02 Å². The first kappa shape index (κ1) is 12.0. The highest BCUT2D eigenvalue weighted by Crippen LogP contribution is 2.18. The molecule has 0 aliphatic carbocycles. The number of hydrogen-bond donors (Lipinski definition) is 1. The molecule has 0 aliphatic rings. The molecule has 1 N–H and O–H groups in total. The van der Waals surface area contributed by atoms with E-state index in [-0.39, 0.29) is 0 Å². The molecule has 0 bridgehead atoms. The topological polar surface area (TPSA) is 45.0 Å². The molecule has 0 heterocycles. The Labute approximate surface area is 94.6 Å². The third-order valence-corrected chi connectivity index (χ3v) is 2.29. The van der Waals surface area contributed by atoms with Gasteiger partial charge in [0.1, 0.15) is 0 Å². The molecule has 0 radical (unpaired) electrons. The molecule has 0 aromatic heterocycles. The molecule has 1 aromatic carbocycles. The Morgan fingerprint density at radius 3 is 2.93 bits per heavy atom. The van der Waals surface area contributed by atoms with Crippen LogP contribution in [0, 0.1) is 11.3 Å². The first-order valence-electron chi connectivity index (χ1n) is 4.69. The Hall–Kier alpha value is -1.08. The van der Waals surface area contributed by atoms with Crippen molar-refractivity contribution in [3.63, 3.8) is 0 Å². The molecule has 0 amide bonds. The molecule has 4 heteroatoms. The van der Waals surface area contributed by atoms with Gasteiger partial charge in [-0.05, 0) is 24.7 Å². The summed E-state index contributed by atoms with van der Waals surface area (Å²) < 4.78 is 5.38. The highest BCUT2D eigenvalue weighted by atomic mass is 35.5. The van der Waals surface area contributed by atoms with Crippen LogP contribution in [0.5, 0.6) is 0 Å². The third kappa shape index (κ3) is 3.88. The van der Waals surface area contributed by atoms with E-state index in [0.29, 0.717) is 23.8 Å². The minimum atomic E-state index is 0.478. The van der Waals surface area contributed by atoms with Crippen LogP contribution >= 0.6 is 11.6 Å². The quantitative estimate of drug-likeness (QED) is 0.778. The molecule has 0 unspecified atom stereocenters. The maximum absolute atomic E-state index is 8.65. The van der Waals surface area contributed by atoms with E-state index in [4.69, 9.17) is 21.6 Å². The van der Waals surface area contributed by atoms with Gasteiger partial charge in [0.25, 0.3) is 0 Å². The molecule has 0 atom stereocenters. The van der Waals surface area contributed by atoms with Gasteiger partial charge in [-0.3, -0.25) is 0 Å². The summed E-state index contributed by atoms with van der Waals surface area (Å²) in [6.45, 7) is 1.94. The van der Waals surface area contributed by atoms with Crippen LogP contribution in [0.3, 0.4) is 0 Å². The Bertz CT molecular complexity index is 360. The number of likely N-dealkylation sites (N-methyl/N-ethyl adjacent to an activating group) is 1. The number of hydrogen-bond acceptors (Lipinski definition) is 3. The average molecular weight is 225 g/mol. The smallest absolute Gasteiger partial charge is 0.0992 e. The zero-order valence-electron chi connectivity index (χ0n) is 8.59. The first-order valence-corrected chi connectivity index (χ1v) is 5.06. The van der Waals surface area contributed by atoms with Crippen LogP contribution in [0.1, 0.15) is 11.1 Å². The minimum Gasteiger partial charge on any atom is -0.375 e. The van der Waals surface area contributed by atoms with Gasteiger partial charge in [0.2, 0.25) is 0 Å². The lowest BCUT2D eigenvalue weighted by Crippen LogP contribution is -2.14. The molecule has 1 rings (SSSR count). The van der Waals surface area contributed by atoms with Gasteiger partial charge in [0.15, 0.2) is 0 Å². The Balaban J connectivity index is 2.52. The summed E-state index contributed by atoms with van der Waals surface area (Å²) >= 11 is 5.97. The van der Waals surface area contributed by atoms with Crippen molar-refractivity contribution >= 4 is 11.6 Å². The van der Waals surface area contributed by atoms with Crippen molar-refractivity contribution in [3.05, 3.63) is 34.3 Å². The van der Waals surface area contributed by atoms with Crippen molar-refractivity contribution in [2.24, 2.45) is 0 Å². The van der Waals surface area contributed by atoms with Crippen LogP contribution in [-0.2, 0) is 11.3 Å². The molecular formula is C11H13ClN2O. The number of rotatable bonds is 5. The first-order chi connectivity index (χ1) is 7.27. The van der Waals surface area contributed by atoms with E-state index in [1.165, 1.54) is 0 Å². The number of ether oxygens (including phenoxy) is 1. The summed E-state index contributed by atoms with van der Waals surface area (Å²) in [5.41, 5.74) is 1.48. The zero-order valence-corrected chi connectivity index (χ0v) is 9.34. The predicted octanol–water partition coefficient (Wildman–Crippen LogP) is 1.95. The molecule has 1 aromatic rings. The maximum Gasteiger partial charge on any atom is 0.0992 e. The lowest BCUT2D eigenvalue weighted by atomic mass is 10.1. The van der Waals surface area contributed by atoms with Crippen LogP contribution in [-0.4, -0.2) is 20.2 Å². The molecular weight excluding hydrogens is 212 g/mol. The van der Waals surface area contributed by atoms with Crippen molar-refractivity contribution in [1.29, 1.82) is 5.26 Å². The average Bonchev–Trinajstić information content (AvgIpc) is 2.26. The van der Waals surface area contributed by atoms with Gasteiger partial charge in [-0.15, -0.1) is 0 Å². The Morgan fingerprint density at radius 2 is 2.33 bits per heavy atom. The molecule has 0 saturated heterocycles. The van der Waals surface area contributed by atoms with Gasteiger partial charge < -0.3 is 10.1 Å². The molecule has 0 saturated carbocycles. The van der Waals surface area contributed by atoms with Gasteiger partial charge in [-0.25, -0.2) is 0 Å². The van der Waals surface area contributed by atoms with E-state index >= 15 is 0 Å². The molecule has 80 valence electrons. The summed E-state index contributed by atoms with van der Waals surface area (Å²) in [6, 6.07) is 7.25. The van der Waals surface area contributed by atoms with Gasteiger partial charge in [0, 0.05) is 11.6 Å². The molecule has 0 aliphatic heterocycles. The standard InChI is InChI=1S/C11H13ClN2O/c1-14-4-5-15-8-10-3-2-9(7-13)6-11(10)12/h2-3,6,14H,4-5,8H2,1H3. The van der Waals surface area contributed by atoms with E-state index in [9.17, 15) is 0 Å². The Kier molecular flexibility index (Phi) is 5.13. The minimum absolute atomic E-state index is 0.478. The largest absolute Gasteiger partial charge is 0.375 e. The van der Waals surface area contributed by atoms with Crippen LogP contribution < -0.4 is 5.32 Å². The predicted molar refractivity (Wildman–Crippen MR) is 59.7 cm³/mol. The van der Waals surface area contributed by atoms with Crippen molar-refractivity contribution in [1.82, 2.24) is 5.32 Å². The van der Waals surface area contributed by atoms with Crippen LogP contribution in [0.15, 0.2) is 18.2 Å². The van der Waals surface area contributed by atoms with E-state index in [2.05, 4.69) is 5.32 Å². The van der Waals surface area contributed by atoms with Crippen molar-refractivity contribution < 1.29 is 4.74 Å². The molecule has 0 spiro atoms. The number of nitrogens with zero attached hydrogens (tertiary/aromatic N) is 1. The van der Waals surface area contributed by atoms with E-state index in [0.717, 1.165) is 12.1 Å². The maximum atomic E-state index is 8.65. The van der Waals surface area contributed by atoms with Gasteiger partial charge in [0.05, 0.1) is 24.8 Å². The van der Waals surface area contributed by atoms with Crippen molar-refractivity contribution in [2.75, 3.05) is 20.2 Å². The number of benzene rings is 1. The van der Waals surface area contributed by atoms with Gasteiger partial charge in [-0.2, -0.15) is 5.26 Å². The summed E-state index contributed by atoms with van der Waals surface area (Å²) in [4.78, 5) is 0. The van der Waals surface area contributed by atoms with Crippen molar-refractivity contribution in [2.45, 2.75) is 6.61 Å². The van der Waals surface area contributed by atoms with Crippen molar-refractivity contribution in [3.8, 4) is 6.07 Å². The second-order valence-corrected chi connectivity index (χ2v) is 3.48. The Morgan fingerprint density at radius 1 is 1.53 bits per heavy atom. The summed E-state index contributed by atoms with van der Waals surface area (Å²) in [6.07, 6.45) is 0. The van der Waals surface area contributed by atoms with Gasteiger partial charge in [-0.1, -0.05) is 17.7 Å². The lowest BCUT2D eigenvalue weighted by Gasteiger charge is -2.05. The van der Waals surface area contributed by atoms with E-state index in [1.807, 2.05) is 19.2 Å². The highest BCUT2D eigenvalue weighted by Gasteiger charge is 2.01. The highest BCUT2D eigenvalue weighted by molar-refractivity contribution is 6.31. The van der Waals surface area contributed by atoms with E-state index < -0.39 is 0 Å². The van der Waals surface area contributed by atoms with E-state index in [1.54, 1.807) is 12.1 Å². The fourth-order valence-electron chi connectivity index (χ4n) is 1.09. The SMILES string of the molecule is CNCCOCc1ccc(C#N)cc1Cl. The molecule has 3 nitrogen and oxygen atoms in total. The second-order valence-electron chi connectivity index (χ2n) is 3.07. The molecule has 0 fully saturated rings. The zero-order chi connectivity index (χ0) is 11.1. The fourth-order valence-corrected chi connectivity index (χ4v) is 1.33. The number of nitrogens with one attached hydrogen (secondary N) is 1. The second kappa shape index (κ2) is 6.41. The third-order valence-electron chi connectivity index (χ3n) is 1.94. The summed E-state index contributed by atoms with van der Waals surface area (Å²) in [7, 11) is 1.87. The fraction of sp³-hybridized carbons (Fsp3) is 0.364.